The van der Waals surface area contributed by atoms with Crippen LogP contribution < -0.4 is 0 Å². The minimum atomic E-state index is -0.491. The van der Waals surface area contributed by atoms with Crippen LogP contribution in [0.1, 0.15) is 72.1 Å². The van der Waals surface area contributed by atoms with Crippen molar-refractivity contribution in [3.05, 3.63) is 5.57 Å². The van der Waals surface area contributed by atoms with E-state index in [1.165, 1.54) is 24.2 Å². The molecule has 1 N–H and O–H groups in total. The number of carbonyl (C=O) groups excluding carboxylic acids is 3. The smallest absolute Gasteiger partial charge is 0.289 e. The summed E-state index contributed by atoms with van der Waals surface area (Å²) in [6.07, 6.45) is 8.75. The van der Waals surface area contributed by atoms with Gasteiger partial charge in [0.2, 0.25) is 5.91 Å². The first-order valence-corrected chi connectivity index (χ1v) is 13.6. The summed E-state index contributed by atoms with van der Waals surface area (Å²) in [5.74, 6) is 6.25. The molecule has 0 aromatic rings. The second kappa shape index (κ2) is 7.99. The van der Waals surface area contributed by atoms with Crippen LogP contribution in [-0.2, 0) is 9.59 Å². The molecule has 5 rings (SSSR count). The summed E-state index contributed by atoms with van der Waals surface area (Å²) in [4.78, 5) is 37.7. The molecular formula is C26H37NO4S. The Morgan fingerprint density at radius 1 is 1.12 bits per heavy atom. The second-order valence-electron chi connectivity index (χ2n) is 12.1. The van der Waals surface area contributed by atoms with Gasteiger partial charge in [0.05, 0.1) is 17.9 Å². The molecule has 0 unspecified atom stereocenters. The molecule has 4 aliphatic carbocycles. The highest BCUT2D eigenvalue weighted by Gasteiger charge is 2.60. The molecule has 32 heavy (non-hydrogen) atoms. The maximum Gasteiger partial charge on any atom is 0.289 e. The van der Waals surface area contributed by atoms with Gasteiger partial charge in [0, 0.05) is 5.57 Å². The Bertz CT molecular complexity index is 848. The largest absolute Gasteiger partial charge is 0.390 e. The number of hydrogen-bond acceptors (Lipinski definition) is 5. The summed E-state index contributed by atoms with van der Waals surface area (Å²) in [6, 6.07) is 0. The summed E-state index contributed by atoms with van der Waals surface area (Å²) in [7, 11) is 0. The molecule has 176 valence electrons. The molecule has 1 saturated heterocycles. The van der Waals surface area contributed by atoms with Gasteiger partial charge in [-0.1, -0.05) is 25.6 Å². The number of amides is 2. The van der Waals surface area contributed by atoms with Gasteiger partial charge in [-0.05, 0) is 105 Å². The average Bonchev–Trinajstić information content (AvgIpc) is 3.20. The van der Waals surface area contributed by atoms with Gasteiger partial charge in [-0.15, -0.1) is 0 Å². The third kappa shape index (κ3) is 3.52. The van der Waals surface area contributed by atoms with E-state index in [0.29, 0.717) is 29.2 Å². The molecule has 0 aromatic carbocycles. The summed E-state index contributed by atoms with van der Waals surface area (Å²) in [6.45, 7) is 6.87. The van der Waals surface area contributed by atoms with Crippen molar-refractivity contribution in [3.8, 4) is 0 Å². The predicted octanol–water partition coefficient (Wildman–Crippen LogP) is 4.71. The SMILES string of the molecule is C[C@@H]1C[C@H](C(=C=O)CN2C(=O)CSC2=O)[C@@]2(C)CC[C@H]3[C@@H](CC[C@@H]4C[C@](C)(O)CC[C@@H]43)[C@H]12. The highest BCUT2D eigenvalue weighted by atomic mass is 32.2. The third-order valence-electron chi connectivity index (χ3n) is 10.3. The number of rotatable bonds is 3. The molecule has 5 fully saturated rings. The van der Waals surface area contributed by atoms with Crippen LogP contribution in [0.25, 0.3) is 0 Å². The van der Waals surface area contributed by atoms with Crippen molar-refractivity contribution in [2.75, 3.05) is 12.3 Å². The number of carbonyl (C=O) groups is 2. The Balaban J connectivity index is 1.37. The predicted molar refractivity (Wildman–Crippen MR) is 125 cm³/mol. The first-order chi connectivity index (χ1) is 15.1. The van der Waals surface area contributed by atoms with E-state index >= 15 is 0 Å². The highest BCUT2D eigenvalue weighted by molar-refractivity contribution is 8.14. The summed E-state index contributed by atoms with van der Waals surface area (Å²) in [5.41, 5.74) is 0.182. The van der Waals surface area contributed by atoms with Gasteiger partial charge in [0.25, 0.3) is 5.24 Å². The maximum absolute atomic E-state index is 12.2. The molecule has 1 heterocycles. The lowest BCUT2D eigenvalue weighted by atomic mass is 9.48. The van der Waals surface area contributed by atoms with Gasteiger partial charge in [0.15, 0.2) is 0 Å². The number of fused-ring (bicyclic) bond motifs is 5. The first-order valence-electron chi connectivity index (χ1n) is 12.6. The number of aliphatic hydroxyl groups is 1. The molecule has 4 saturated carbocycles. The van der Waals surface area contributed by atoms with Gasteiger partial charge < -0.3 is 5.11 Å². The molecule has 9 atom stereocenters. The van der Waals surface area contributed by atoms with Gasteiger partial charge in [-0.2, -0.15) is 0 Å². The fourth-order valence-corrected chi connectivity index (χ4v) is 9.81. The quantitative estimate of drug-likeness (QED) is 0.619. The summed E-state index contributed by atoms with van der Waals surface area (Å²) in [5, 5.41) is 10.4. The zero-order chi connectivity index (χ0) is 22.8. The number of thioether (sulfide) groups is 1. The second-order valence-corrected chi connectivity index (χ2v) is 13.0. The van der Waals surface area contributed by atoms with E-state index in [2.05, 4.69) is 19.8 Å². The molecule has 0 aromatic heterocycles. The normalized spacial score (nSPS) is 48.1. The Labute approximate surface area is 195 Å². The Kier molecular flexibility index (Phi) is 5.66. The Hall–Kier alpha value is -1.10. The van der Waals surface area contributed by atoms with Crippen LogP contribution in [-0.4, -0.2) is 45.0 Å². The van der Waals surface area contributed by atoms with Crippen LogP contribution in [0, 0.1) is 46.8 Å². The van der Waals surface area contributed by atoms with Gasteiger partial charge >= 0.3 is 0 Å². The van der Waals surface area contributed by atoms with Crippen molar-refractivity contribution in [1.29, 1.82) is 0 Å². The highest BCUT2D eigenvalue weighted by Crippen LogP contribution is 2.67. The van der Waals surface area contributed by atoms with E-state index in [-0.39, 0.29) is 34.8 Å². The number of hydrogen-bond donors (Lipinski definition) is 1. The first kappa shape index (κ1) is 22.7. The van der Waals surface area contributed by atoms with Crippen molar-refractivity contribution >= 4 is 28.8 Å². The van der Waals surface area contributed by atoms with Crippen molar-refractivity contribution in [2.24, 2.45) is 46.8 Å². The van der Waals surface area contributed by atoms with Gasteiger partial charge in [-0.3, -0.25) is 14.5 Å². The summed E-state index contributed by atoms with van der Waals surface area (Å²) >= 11 is 1.03. The fourth-order valence-electron chi connectivity index (χ4n) is 9.08. The van der Waals surface area contributed by atoms with E-state index in [1.54, 1.807) is 0 Å². The monoisotopic (exact) mass is 459 g/mol. The molecule has 0 bridgehead atoms. The van der Waals surface area contributed by atoms with Crippen molar-refractivity contribution in [3.63, 3.8) is 0 Å². The van der Waals surface area contributed by atoms with Gasteiger partial charge in [-0.25, -0.2) is 4.79 Å². The number of imide groups is 1. The Morgan fingerprint density at radius 2 is 1.88 bits per heavy atom. The molecule has 0 spiro atoms. The van der Waals surface area contributed by atoms with Crippen LogP contribution in [0.5, 0.6) is 0 Å². The molecule has 2 amide bonds. The van der Waals surface area contributed by atoms with Gasteiger partial charge in [0.1, 0.15) is 5.94 Å². The molecule has 1 aliphatic heterocycles. The van der Waals surface area contributed by atoms with E-state index < -0.39 is 5.60 Å². The van der Waals surface area contributed by atoms with Crippen LogP contribution in [0.4, 0.5) is 4.79 Å². The van der Waals surface area contributed by atoms with E-state index in [0.717, 1.165) is 55.7 Å². The molecule has 5 aliphatic rings. The standard InChI is InChI=1S/C26H37NO4S/c1-15-10-21(17(13-28)12-27-22(29)14-32-24(27)30)26(3)9-7-19-18-6-8-25(2,31)11-16(18)4-5-20(19)23(15)26/h15-16,18-21,23,31H,4-12,14H2,1-3H3/t15-,16-,18+,19-,20-,21-,23+,25-,26-/m1/s1. The average molecular weight is 460 g/mol. The topological polar surface area (TPSA) is 74.7 Å². The van der Waals surface area contributed by atoms with Crippen molar-refractivity contribution in [1.82, 2.24) is 4.90 Å². The lowest BCUT2D eigenvalue weighted by Crippen LogP contribution is -2.51. The van der Waals surface area contributed by atoms with Crippen LogP contribution in [0.15, 0.2) is 5.57 Å². The zero-order valence-corrected chi connectivity index (χ0v) is 20.5. The molecular weight excluding hydrogens is 422 g/mol. The number of nitrogens with zero attached hydrogens (tertiary/aromatic N) is 1. The molecule has 6 heteroatoms. The zero-order valence-electron chi connectivity index (χ0n) is 19.6. The molecule has 5 nitrogen and oxygen atoms in total. The lowest BCUT2D eigenvalue weighted by molar-refractivity contribution is -0.124. The fraction of sp³-hybridized carbons (Fsp3) is 0.846. The van der Waals surface area contributed by atoms with Crippen molar-refractivity contribution < 1.29 is 19.5 Å². The Morgan fingerprint density at radius 3 is 2.56 bits per heavy atom. The van der Waals surface area contributed by atoms with Crippen molar-refractivity contribution in [2.45, 2.75) is 77.7 Å². The lowest BCUT2D eigenvalue weighted by Gasteiger charge is -2.57. The summed E-state index contributed by atoms with van der Waals surface area (Å²) < 4.78 is 0. The van der Waals surface area contributed by atoms with E-state index in [1.807, 2.05) is 6.92 Å². The van der Waals surface area contributed by atoms with E-state index in [4.69, 9.17) is 0 Å². The van der Waals surface area contributed by atoms with Crippen LogP contribution >= 0.6 is 11.8 Å². The minimum absolute atomic E-state index is 0.0410. The minimum Gasteiger partial charge on any atom is -0.390 e. The maximum atomic E-state index is 12.2. The van der Waals surface area contributed by atoms with Crippen LogP contribution in [0.3, 0.4) is 0 Å². The van der Waals surface area contributed by atoms with E-state index in [9.17, 15) is 19.5 Å². The molecule has 0 radical (unpaired) electrons. The third-order valence-corrected chi connectivity index (χ3v) is 11.1. The van der Waals surface area contributed by atoms with Crippen LogP contribution in [0.2, 0.25) is 0 Å².